The van der Waals surface area contributed by atoms with Crippen LogP contribution in [0.3, 0.4) is 0 Å². The van der Waals surface area contributed by atoms with Gasteiger partial charge in [-0.25, -0.2) is 0 Å². The van der Waals surface area contributed by atoms with Gasteiger partial charge in [0.05, 0.1) is 0 Å². The number of hydrogen-bond donors (Lipinski definition) is 1. The van der Waals surface area contributed by atoms with E-state index in [4.69, 9.17) is 0 Å². The van der Waals surface area contributed by atoms with Gasteiger partial charge in [0.15, 0.2) is 0 Å². The van der Waals surface area contributed by atoms with Crippen molar-refractivity contribution in [1.29, 1.82) is 0 Å². The number of benzene rings is 1. The summed E-state index contributed by atoms with van der Waals surface area (Å²) < 4.78 is 0. The summed E-state index contributed by atoms with van der Waals surface area (Å²) in [4.78, 5) is 1.27. The van der Waals surface area contributed by atoms with Crippen LogP contribution < -0.4 is 0 Å². The van der Waals surface area contributed by atoms with E-state index in [0.29, 0.717) is 5.75 Å². The molecule has 0 bridgehead atoms. The predicted octanol–water partition coefficient (Wildman–Crippen LogP) is 2.90. The highest BCUT2D eigenvalue weighted by atomic mass is 32.2. The molecule has 0 aromatic heterocycles. The molecule has 0 unspecified atom stereocenters. The molecule has 0 amide bonds. The molecule has 1 heterocycles. The molecule has 1 aliphatic heterocycles. The Labute approximate surface area is 76.1 Å². The van der Waals surface area contributed by atoms with E-state index < -0.39 is 0 Å². The molecule has 1 aromatic carbocycles. The summed E-state index contributed by atoms with van der Waals surface area (Å²) >= 11 is 1.84. The molecule has 1 nitrogen and oxygen atoms in total. The van der Waals surface area contributed by atoms with Crippen molar-refractivity contribution in [3.05, 3.63) is 29.8 Å². The molecule has 0 atom stereocenters. The molecular weight excluding hydrogens is 168 g/mol. The fourth-order valence-electron chi connectivity index (χ4n) is 1.24. The molecule has 0 saturated carbocycles. The first-order valence-corrected chi connectivity index (χ1v) is 4.97. The lowest BCUT2D eigenvalue weighted by Crippen LogP contribution is -1.77. The van der Waals surface area contributed by atoms with E-state index in [1.54, 1.807) is 6.07 Å². The van der Waals surface area contributed by atoms with Crippen LogP contribution in [-0.4, -0.2) is 10.9 Å². The normalized spacial score (nSPS) is 15.3. The van der Waals surface area contributed by atoms with E-state index in [9.17, 15) is 5.11 Å². The third-order valence-corrected chi connectivity index (χ3v) is 2.96. The zero-order valence-corrected chi connectivity index (χ0v) is 7.47. The van der Waals surface area contributed by atoms with Crippen molar-refractivity contribution in [3.8, 4) is 5.75 Å². The molecule has 0 radical (unpaired) electrons. The first-order valence-electron chi connectivity index (χ1n) is 3.98. The fraction of sp³-hybridized carbons (Fsp3) is 0.200. The first-order chi connectivity index (χ1) is 5.86. The Bertz CT molecular complexity index is 318. The highest BCUT2D eigenvalue weighted by Crippen LogP contribution is 2.29. The number of thioether (sulfide) groups is 1. The maximum absolute atomic E-state index is 9.24. The number of phenols is 1. The molecule has 0 fully saturated rings. The second kappa shape index (κ2) is 3.23. The van der Waals surface area contributed by atoms with E-state index in [0.717, 1.165) is 17.7 Å². The van der Waals surface area contributed by atoms with Gasteiger partial charge < -0.3 is 5.11 Å². The number of allylic oxidation sites excluding steroid dienone is 1. The lowest BCUT2D eigenvalue weighted by atomic mass is 10.2. The molecule has 0 aliphatic carbocycles. The third-order valence-electron chi connectivity index (χ3n) is 1.83. The Hall–Kier alpha value is -0.890. The Kier molecular flexibility index (Phi) is 2.09. The minimum atomic E-state index is 0.348. The molecule has 1 aliphatic rings. The Balaban J connectivity index is 2.47. The van der Waals surface area contributed by atoms with E-state index in [-0.39, 0.29) is 0 Å². The highest BCUT2D eigenvalue weighted by Gasteiger charge is 2.03. The van der Waals surface area contributed by atoms with Crippen LogP contribution >= 0.6 is 11.8 Å². The zero-order chi connectivity index (χ0) is 8.39. The average Bonchev–Trinajstić information content (AvgIpc) is 2.28. The van der Waals surface area contributed by atoms with Gasteiger partial charge in [0, 0.05) is 10.6 Å². The summed E-state index contributed by atoms with van der Waals surface area (Å²) in [7, 11) is 0. The van der Waals surface area contributed by atoms with E-state index >= 15 is 0 Å². The fourth-order valence-corrected chi connectivity index (χ4v) is 2.18. The lowest BCUT2D eigenvalue weighted by Gasteiger charge is -2.02. The second-order valence-electron chi connectivity index (χ2n) is 2.76. The van der Waals surface area contributed by atoms with Crippen LogP contribution in [0.15, 0.2) is 29.2 Å². The summed E-state index contributed by atoms with van der Waals surface area (Å²) in [5.74, 6) is 1.48. The van der Waals surface area contributed by atoms with E-state index in [1.807, 2.05) is 23.9 Å². The standard InChI is InChI=1S/C10H10OS/c11-9-4-5-10-8(7-9)3-1-2-6-12-10/h1,3-5,7,11H,2,6H2. The Morgan fingerprint density at radius 2 is 2.25 bits per heavy atom. The number of rotatable bonds is 0. The molecule has 62 valence electrons. The van der Waals surface area contributed by atoms with Crippen LogP contribution in [0.25, 0.3) is 6.08 Å². The molecule has 0 saturated heterocycles. The van der Waals surface area contributed by atoms with Crippen LogP contribution in [0.5, 0.6) is 5.75 Å². The first kappa shape index (κ1) is 7.74. The summed E-state index contributed by atoms with van der Waals surface area (Å²) in [5, 5.41) is 9.24. The van der Waals surface area contributed by atoms with E-state index in [2.05, 4.69) is 12.2 Å². The topological polar surface area (TPSA) is 20.2 Å². The van der Waals surface area contributed by atoms with Crippen molar-refractivity contribution in [2.45, 2.75) is 11.3 Å². The Morgan fingerprint density at radius 1 is 1.33 bits per heavy atom. The SMILES string of the molecule is Oc1ccc2c(c1)C=CCCS2. The van der Waals surface area contributed by atoms with Crippen LogP contribution in [0.4, 0.5) is 0 Å². The zero-order valence-electron chi connectivity index (χ0n) is 6.66. The van der Waals surface area contributed by atoms with E-state index in [1.165, 1.54) is 4.90 Å². The van der Waals surface area contributed by atoms with Crippen molar-refractivity contribution in [2.75, 3.05) is 5.75 Å². The van der Waals surface area contributed by atoms with Gasteiger partial charge in [-0.2, -0.15) is 0 Å². The van der Waals surface area contributed by atoms with Crippen LogP contribution in [0.2, 0.25) is 0 Å². The molecule has 2 heteroatoms. The summed E-state index contributed by atoms with van der Waals surface area (Å²) in [6.45, 7) is 0. The summed E-state index contributed by atoms with van der Waals surface area (Å²) in [6.07, 6.45) is 5.34. The minimum absolute atomic E-state index is 0.348. The maximum Gasteiger partial charge on any atom is 0.116 e. The molecular formula is C10H10OS. The predicted molar refractivity (Wildman–Crippen MR) is 52.5 cm³/mol. The number of fused-ring (bicyclic) bond motifs is 1. The smallest absolute Gasteiger partial charge is 0.116 e. The highest BCUT2D eigenvalue weighted by molar-refractivity contribution is 7.99. The van der Waals surface area contributed by atoms with Crippen molar-refractivity contribution in [3.63, 3.8) is 0 Å². The van der Waals surface area contributed by atoms with Gasteiger partial charge in [-0.1, -0.05) is 12.2 Å². The number of hydrogen-bond acceptors (Lipinski definition) is 2. The molecule has 12 heavy (non-hydrogen) atoms. The quantitative estimate of drug-likeness (QED) is 0.659. The van der Waals surface area contributed by atoms with Gasteiger partial charge in [-0.3, -0.25) is 0 Å². The molecule has 1 N–H and O–H groups in total. The second-order valence-corrected chi connectivity index (χ2v) is 3.90. The van der Waals surface area contributed by atoms with Crippen LogP contribution in [-0.2, 0) is 0 Å². The third kappa shape index (κ3) is 1.48. The minimum Gasteiger partial charge on any atom is -0.508 e. The maximum atomic E-state index is 9.24. The van der Waals surface area contributed by atoms with Gasteiger partial charge in [-0.15, -0.1) is 11.8 Å². The summed E-state index contributed by atoms with van der Waals surface area (Å²) in [5.41, 5.74) is 1.14. The van der Waals surface area contributed by atoms with Crippen LogP contribution in [0, 0.1) is 0 Å². The average molecular weight is 178 g/mol. The van der Waals surface area contributed by atoms with Crippen LogP contribution in [0.1, 0.15) is 12.0 Å². The van der Waals surface area contributed by atoms with Crippen molar-refractivity contribution >= 4 is 17.8 Å². The number of phenolic OH excluding ortho intramolecular Hbond substituents is 1. The largest absolute Gasteiger partial charge is 0.508 e. The monoisotopic (exact) mass is 178 g/mol. The lowest BCUT2D eigenvalue weighted by molar-refractivity contribution is 0.474. The van der Waals surface area contributed by atoms with Crippen molar-refractivity contribution in [1.82, 2.24) is 0 Å². The Morgan fingerprint density at radius 3 is 3.17 bits per heavy atom. The number of aromatic hydroxyl groups is 1. The summed E-state index contributed by atoms with van der Waals surface area (Å²) in [6, 6.07) is 5.53. The van der Waals surface area contributed by atoms with Crippen molar-refractivity contribution in [2.24, 2.45) is 0 Å². The van der Waals surface area contributed by atoms with Crippen molar-refractivity contribution < 1.29 is 5.11 Å². The van der Waals surface area contributed by atoms with Gasteiger partial charge >= 0.3 is 0 Å². The van der Waals surface area contributed by atoms with Gasteiger partial charge in [-0.05, 0) is 30.2 Å². The van der Waals surface area contributed by atoms with Gasteiger partial charge in [0.1, 0.15) is 5.75 Å². The molecule has 2 rings (SSSR count). The van der Waals surface area contributed by atoms with Gasteiger partial charge in [0.25, 0.3) is 0 Å². The molecule has 1 aromatic rings. The molecule has 0 spiro atoms. The van der Waals surface area contributed by atoms with Gasteiger partial charge in [0.2, 0.25) is 0 Å².